The largest absolute Gasteiger partial charge is 0.471 e. The van der Waals surface area contributed by atoms with Gasteiger partial charge in [-0.1, -0.05) is 48.5 Å². The first-order chi connectivity index (χ1) is 19.8. The number of nitrogens with zero attached hydrogens (tertiary/aromatic N) is 4. The highest BCUT2D eigenvalue weighted by Gasteiger charge is 2.44. The third kappa shape index (κ3) is 7.62. The quantitative estimate of drug-likeness (QED) is 0.430. The zero-order valence-corrected chi connectivity index (χ0v) is 23.8. The van der Waals surface area contributed by atoms with E-state index in [1.807, 2.05) is 35.2 Å². The maximum Gasteiger partial charge on any atom is 0.471 e. The molecule has 5 rings (SSSR count). The van der Waals surface area contributed by atoms with E-state index in [1.165, 1.54) is 31.4 Å². The van der Waals surface area contributed by atoms with Crippen LogP contribution < -0.4 is 4.90 Å². The van der Waals surface area contributed by atoms with Gasteiger partial charge in [0.2, 0.25) is 0 Å². The lowest BCUT2D eigenvalue weighted by Crippen LogP contribution is -2.54. The van der Waals surface area contributed by atoms with Gasteiger partial charge in [-0.25, -0.2) is 0 Å². The summed E-state index contributed by atoms with van der Waals surface area (Å²) in [6.45, 7) is 6.02. The van der Waals surface area contributed by atoms with Crippen molar-refractivity contribution in [2.45, 2.75) is 63.5 Å². The number of fused-ring (bicyclic) bond motifs is 1. The monoisotopic (exact) mass is 572 g/mol. The van der Waals surface area contributed by atoms with Crippen LogP contribution in [0.1, 0.15) is 44.1 Å². The average molecular weight is 573 g/mol. The Morgan fingerprint density at radius 1 is 0.927 bits per heavy atom. The van der Waals surface area contributed by atoms with Gasteiger partial charge in [0.05, 0.1) is 0 Å². The van der Waals surface area contributed by atoms with Crippen molar-refractivity contribution in [2.24, 2.45) is 11.8 Å². The first-order valence-electron chi connectivity index (χ1n) is 15.2. The van der Waals surface area contributed by atoms with Gasteiger partial charge in [-0.05, 0) is 81.8 Å². The van der Waals surface area contributed by atoms with Gasteiger partial charge in [0.25, 0.3) is 0 Å². The molecule has 3 unspecified atom stereocenters. The molecule has 3 aliphatic rings. The average Bonchev–Trinajstić information content (AvgIpc) is 2.99. The van der Waals surface area contributed by atoms with E-state index in [-0.39, 0.29) is 19.0 Å². The summed E-state index contributed by atoms with van der Waals surface area (Å²) in [5.41, 5.74) is 2.30. The number of aliphatic hydroxyl groups is 1. The molecule has 1 amide bonds. The molecule has 1 N–H and O–H groups in total. The molecule has 9 heteroatoms. The number of amides is 1. The number of para-hydroxylation sites is 1. The summed E-state index contributed by atoms with van der Waals surface area (Å²) in [5, 5.41) is 11.4. The molecule has 3 saturated heterocycles. The van der Waals surface area contributed by atoms with Crippen LogP contribution in [0.15, 0.2) is 60.7 Å². The molecule has 0 aliphatic carbocycles. The molecule has 0 saturated carbocycles. The Balaban J connectivity index is 1.14. The lowest BCUT2D eigenvalue weighted by molar-refractivity contribution is -0.187. The van der Waals surface area contributed by atoms with Crippen molar-refractivity contribution in [3.05, 3.63) is 66.2 Å². The number of piperidine rings is 3. The Morgan fingerprint density at radius 2 is 1.61 bits per heavy atom. The van der Waals surface area contributed by atoms with Crippen LogP contribution in [0.2, 0.25) is 0 Å². The van der Waals surface area contributed by atoms with Crippen LogP contribution in [0.3, 0.4) is 0 Å². The Morgan fingerprint density at radius 3 is 2.29 bits per heavy atom. The van der Waals surface area contributed by atoms with Crippen molar-refractivity contribution in [1.82, 2.24) is 14.7 Å². The van der Waals surface area contributed by atoms with E-state index in [4.69, 9.17) is 0 Å². The van der Waals surface area contributed by atoms with Crippen LogP contribution in [0.4, 0.5) is 18.9 Å². The minimum atomic E-state index is -4.85. The smallest absolute Gasteiger partial charge is 0.373 e. The lowest BCUT2D eigenvalue weighted by atomic mass is 9.83. The molecule has 6 nitrogen and oxygen atoms in total. The van der Waals surface area contributed by atoms with Crippen molar-refractivity contribution in [2.75, 3.05) is 50.7 Å². The molecular weight excluding hydrogens is 529 g/mol. The molecule has 2 aromatic rings. The Bertz CT molecular complexity index is 1100. The Hall–Kier alpha value is -2.62. The first kappa shape index (κ1) is 29.9. The maximum absolute atomic E-state index is 12.9. The molecule has 3 heterocycles. The van der Waals surface area contributed by atoms with E-state index < -0.39 is 18.3 Å². The highest BCUT2D eigenvalue weighted by atomic mass is 19.4. The topological polar surface area (TPSA) is 50.3 Å². The molecule has 3 aliphatic heterocycles. The van der Waals surface area contributed by atoms with Crippen LogP contribution in [-0.2, 0) is 11.3 Å². The van der Waals surface area contributed by atoms with Gasteiger partial charge in [0, 0.05) is 50.4 Å². The second-order valence-electron chi connectivity index (χ2n) is 11.9. The van der Waals surface area contributed by atoms with Crippen LogP contribution in [0, 0.1) is 11.8 Å². The van der Waals surface area contributed by atoms with Gasteiger partial charge in [0.1, 0.15) is 6.23 Å². The summed E-state index contributed by atoms with van der Waals surface area (Å²) in [7, 11) is 0. The normalized spacial score (nSPS) is 23.7. The molecule has 3 atom stereocenters. The zero-order valence-electron chi connectivity index (χ0n) is 23.8. The van der Waals surface area contributed by atoms with E-state index in [0.717, 1.165) is 43.2 Å². The van der Waals surface area contributed by atoms with E-state index >= 15 is 0 Å². The van der Waals surface area contributed by atoms with Crippen molar-refractivity contribution in [3.8, 4) is 0 Å². The maximum atomic E-state index is 12.9. The second-order valence-corrected chi connectivity index (χ2v) is 11.9. The summed E-state index contributed by atoms with van der Waals surface area (Å²) in [6, 6.07) is 21.1. The van der Waals surface area contributed by atoms with Crippen molar-refractivity contribution < 1.29 is 23.1 Å². The number of aliphatic hydroxyl groups excluding tert-OH is 1. The van der Waals surface area contributed by atoms with E-state index in [0.29, 0.717) is 31.3 Å². The number of alkyl halides is 3. The summed E-state index contributed by atoms with van der Waals surface area (Å²) in [5.74, 6) is -1.29. The number of hydrogen-bond donors (Lipinski definition) is 1. The highest BCUT2D eigenvalue weighted by molar-refractivity contribution is 5.81. The molecule has 224 valence electrons. The standard InChI is InChI=1S/C32H43F3N4O2/c33-32(34,35)31(41)37-21-14-26(15-22-37)30(40)39(28-12-5-2-6-13-28)19-8-17-36-20-16-29-27(24-36)11-7-18-38(29)23-25-9-3-1-4-10-25/h1-6,9-10,12-13,26-27,29-30,40H,7-8,11,14-24H2. The van der Waals surface area contributed by atoms with Crippen LogP contribution in [0.5, 0.6) is 0 Å². The predicted molar refractivity (Wildman–Crippen MR) is 154 cm³/mol. The molecule has 3 fully saturated rings. The second kappa shape index (κ2) is 13.6. The fourth-order valence-corrected chi connectivity index (χ4v) is 7.13. The number of rotatable bonds is 9. The number of anilines is 1. The first-order valence-corrected chi connectivity index (χ1v) is 15.2. The summed E-state index contributed by atoms with van der Waals surface area (Å²) >= 11 is 0. The highest BCUT2D eigenvalue weighted by Crippen LogP contribution is 2.32. The summed E-state index contributed by atoms with van der Waals surface area (Å²) < 4.78 is 38.6. The fourth-order valence-electron chi connectivity index (χ4n) is 7.13. The molecule has 41 heavy (non-hydrogen) atoms. The molecule has 2 aromatic carbocycles. The molecule has 0 bridgehead atoms. The predicted octanol–water partition coefficient (Wildman–Crippen LogP) is 4.99. The van der Waals surface area contributed by atoms with E-state index in [1.54, 1.807) is 0 Å². The number of halogens is 3. The van der Waals surface area contributed by atoms with Gasteiger partial charge in [-0.3, -0.25) is 9.69 Å². The van der Waals surface area contributed by atoms with Crippen LogP contribution in [0.25, 0.3) is 0 Å². The van der Waals surface area contributed by atoms with Crippen LogP contribution in [-0.4, -0.2) is 90.0 Å². The van der Waals surface area contributed by atoms with Gasteiger partial charge in [-0.2, -0.15) is 13.2 Å². The molecule has 0 aromatic heterocycles. The molecular formula is C32H43F3N4O2. The molecule has 0 radical (unpaired) electrons. The van der Waals surface area contributed by atoms with Gasteiger partial charge in [-0.15, -0.1) is 0 Å². The SMILES string of the molecule is O=C(N1CCC(C(O)N(CCCN2CCC3C(CCCN3Cc3ccccc3)C2)c2ccccc2)CC1)C(F)(F)F. The van der Waals surface area contributed by atoms with E-state index in [2.05, 4.69) is 40.1 Å². The van der Waals surface area contributed by atoms with Crippen LogP contribution >= 0.6 is 0 Å². The van der Waals surface area contributed by atoms with Crippen molar-refractivity contribution >= 4 is 11.6 Å². The zero-order chi connectivity index (χ0) is 28.8. The molecule has 0 spiro atoms. The van der Waals surface area contributed by atoms with Gasteiger partial charge >= 0.3 is 12.1 Å². The summed E-state index contributed by atoms with van der Waals surface area (Å²) in [4.78, 5) is 19.8. The minimum absolute atomic E-state index is 0.0142. The Labute approximate surface area is 241 Å². The third-order valence-corrected chi connectivity index (χ3v) is 9.27. The third-order valence-electron chi connectivity index (χ3n) is 9.27. The number of hydrogen-bond acceptors (Lipinski definition) is 5. The number of carbonyl (C=O) groups excluding carboxylic acids is 1. The van der Waals surface area contributed by atoms with Crippen molar-refractivity contribution in [3.63, 3.8) is 0 Å². The minimum Gasteiger partial charge on any atom is -0.373 e. The van der Waals surface area contributed by atoms with Gasteiger partial charge in [0.15, 0.2) is 0 Å². The number of likely N-dealkylation sites (tertiary alicyclic amines) is 3. The number of carbonyl (C=O) groups is 1. The van der Waals surface area contributed by atoms with Crippen molar-refractivity contribution in [1.29, 1.82) is 0 Å². The van der Waals surface area contributed by atoms with E-state index in [9.17, 15) is 23.1 Å². The fraction of sp³-hybridized carbons (Fsp3) is 0.594. The summed E-state index contributed by atoms with van der Waals surface area (Å²) in [6.07, 6.45) is -0.382. The Kier molecular flexibility index (Phi) is 9.88. The van der Waals surface area contributed by atoms with Gasteiger partial charge < -0.3 is 19.8 Å². The number of benzene rings is 2. The lowest BCUT2D eigenvalue weighted by Gasteiger charge is -2.47.